The molecule has 1 aromatic rings. The van der Waals surface area contributed by atoms with E-state index in [0.29, 0.717) is 43.4 Å². The van der Waals surface area contributed by atoms with Crippen molar-refractivity contribution < 1.29 is 19.0 Å². The summed E-state index contributed by atoms with van der Waals surface area (Å²) in [7, 11) is 0. The predicted octanol–water partition coefficient (Wildman–Crippen LogP) is 2.08. The number of rotatable bonds is 2. The average Bonchev–Trinajstić information content (AvgIpc) is 2.53. The van der Waals surface area contributed by atoms with Gasteiger partial charge in [0, 0.05) is 24.0 Å². The van der Waals surface area contributed by atoms with Crippen LogP contribution in [0.5, 0.6) is 11.5 Å². The topological polar surface area (TPSA) is 48.0 Å². The molecule has 2 aliphatic heterocycles. The highest BCUT2D eigenvalue weighted by molar-refractivity contribution is 9.09. The first-order valence-corrected chi connectivity index (χ1v) is 8.20. The molecule has 0 radical (unpaired) electrons. The molecule has 5 nitrogen and oxygen atoms in total. The summed E-state index contributed by atoms with van der Waals surface area (Å²) in [6.07, 6.45) is 0.0809. The number of ether oxygens (including phenoxy) is 3. The fraction of sp³-hybridized carbons (Fsp3) is 0.533. The minimum atomic E-state index is 0.00748. The highest BCUT2D eigenvalue weighted by Gasteiger charge is 2.29. The summed E-state index contributed by atoms with van der Waals surface area (Å²) in [6, 6.07) is 5.35. The minimum absolute atomic E-state index is 0.00748. The lowest BCUT2D eigenvalue weighted by Crippen LogP contribution is -2.49. The van der Waals surface area contributed by atoms with E-state index in [1.165, 1.54) is 0 Å². The molecule has 114 valence electrons. The number of hydrogen-bond donors (Lipinski definition) is 0. The summed E-state index contributed by atoms with van der Waals surface area (Å²) < 4.78 is 16.8. The summed E-state index contributed by atoms with van der Waals surface area (Å²) >= 11 is 3.42. The SMILES string of the molecule is CC1CN(C(=O)c2ccc3c(c2)OCCO3)CC(CBr)O1. The van der Waals surface area contributed by atoms with Crippen molar-refractivity contribution in [2.45, 2.75) is 19.1 Å². The smallest absolute Gasteiger partial charge is 0.254 e. The van der Waals surface area contributed by atoms with Gasteiger partial charge in [-0.2, -0.15) is 0 Å². The van der Waals surface area contributed by atoms with E-state index >= 15 is 0 Å². The molecule has 0 bridgehead atoms. The van der Waals surface area contributed by atoms with Gasteiger partial charge in [0.1, 0.15) is 13.2 Å². The Balaban J connectivity index is 1.78. The van der Waals surface area contributed by atoms with Gasteiger partial charge in [-0.05, 0) is 25.1 Å². The Morgan fingerprint density at radius 3 is 2.81 bits per heavy atom. The number of morpholine rings is 1. The van der Waals surface area contributed by atoms with Crippen molar-refractivity contribution >= 4 is 21.8 Å². The Bertz CT molecular complexity index is 536. The van der Waals surface area contributed by atoms with Gasteiger partial charge in [-0.15, -0.1) is 0 Å². The zero-order valence-corrected chi connectivity index (χ0v) is 13.5. The number of fused-ring (bicyclic) bond motifs is 1. The van der Waals surface area contributed by atoms with Crippen LogP contribution in [-0.4, -0.2) is 54.6 Å². The second-order valence-electron chi connectivity index (χ2n) is 5.29. The summed E-state index contributed by atoms with van der Waals surface area (Å²) in [6.45, 7) is 4.26. The van der Waals surface area contributed by atoms with Crippen LogP contribution in [0.15, 0.2) is 18.2 Å². The van der Waals surface area contributed by atoms with E-state index < -0.39 is 0 Å². The molecule has 0 aliphatic carbocycles. The van der Waals surface area contributed by atoms with Gasteiger partial charge >= 0.3 is 0 Å². The molecule has 0 saturated carbocycles. The summed E-state index contributed by atoms with van der Waals surface area (Å²) in [5, 5.41) is 0.724. The zero-order chi connectivity index (χ0) is 14.8. The van der Waals surface area contributed by atoms with Crippen LogP contribution in [0.2, 0.25) is 0 Å². The molecule has 6 heteroatoms. The van der Waals surface area contributed by atoms with Crippen molar-refractivity contribution in [3.05, 3.63) is 23.8 Å². The second-order valence-corrected chi connectivity index (χ2v) is 5.94. The Kier molecular flexibility index (Phi) is 4.35. The van der Waals surface area contributed by atoms with Gasteiger partial charge in [0.05, 0.1) is 12.2 Å². The Morgan fingerprint density at radius 2 is 2.05 bits per heavy atom. The van der Waals surface area contributed by atoms with Crippen molar-refractivity contribution in [2.75, 3.05) is 31.6 Å². The predicted molar refractivity (Wildman–Crippen MR) is 81.5 cm³/mol. The molecule has 1 amide bonds. The quantitative estimate of drug-likeness (QED) is 0.762. The van der Waals surface area contributed by atoms with Gasteiger partial charge in [0.2, 0.25) is 0 Å². The molecule has 2 aliphatic rings. The zero-order valence-electron chi connectivity index (χ0n) is 11.9. The number of alkyl halides is 1. The molecule has 1 aromatic carbocycles. The molecule has 2 unspecified atom stereocenters. The molecule has 2 heterocycles. The van der Waals surface area contributed by atoms with Gasteiger partial charge in [-0.3, -0.25) is 4.79 Å². The van der Waals surface area contributed by atoms with Crippen LogP contribution < -0.4 is 9.47 Å². The Hall–Kier alpha value is -1.27. The van der Waals surface area contributed by atoms with E-state index in [1.807, 2.05) is 11.8 Å². The van der Waals surface area contributed by atoms with Gasteiger partial charge in [-0.25, -0.2) is 0 Å². The van der Waals surface area contributed by atoms with E-state index in [2.05, 4.69) is 15.9 Å². The van der Waals surface area contributed by atoms with E-state index in [9.17, 15) is 4.79 Å². The lowest BCUT2D eigenvalue weighted by atomic mass is 10.1. The molecule has 0 spiro atoms. The molecular weight excluding hydrogens is 338 g/mol. The number of carbonyl (C=O) groups excluding carboxylic acids is 1. The minimum Gasteiger partial charge on any atom is -0.486 e. The Labute approximate surface area is 132 Å². The second kappa shape index (κ2) is 6.23. The number of amides is 1. The summed E-state index contributed by atoms with van der Waals surface area (Å²) in [5.41, 5.74) is 0.627. The number of benzene rings is 1. The van der Waals surface area contributed by atoms with E-state index in [-0.39, 0.29) is 18.1 Å². The maximum Gasteiger partial charge on any atom is 0.254 e. The molecule has 1 fully saturated rings. The maximum absolute atomic E-state index is 12.7. The number of halogens is 1. The van der Waals surface area contributed by atoms with Gasteiger partial charge in [0.25, 0.3) is 5.91 Å². The molecule has 3 rings (SSSR count). The van der Waals surface area contributed by atoms with Gasteiger partial charge < -0.3 is 19.1 Å². The van der Waals surface area contributed by atoms with Crippen molar-refractivity contribution in [1.29, 1.82) is 0 Å². The molecular formula is C15H18BrNO4. The molecule has 2 atom stereocenters. The standard InChI is InChI=1S/C15H18BrNO4/c1-10-8-17(9-12(7-16)21-10)15(18)11-2-3-13-14(6-11)20-5-4-19-13/h2-3,6,10,12H,4-5,7-9H2,1H3. The Morgan fingerprint density at radius 1 is 1.29 bits per heavy atom. The van der Waals surface area contributed by atoms with Crippen molar-refractivity contribution in [2.24, 2.45) is 0 Å². The van der Waals surface area contributed by atoms with Gasteiger partial charge in [-0.1, -0.05) is 15.9 Å². The fourth-order valence-electron chi connectivity index (χ4n) is 2.66. The van der Waals surface area contributed by atoms with Gasteiger partial charge in [0.15, 0.2) is 11.5 Å². The first kappa shape index (κ1) is 14.7. The van der Waals surface area contributed by atoms with Crippen LogP contribution >= 0.6 is 15.9 Å². The molecule has 21 heavy (non-hydrogen) atoms. The van der Waals surface area contributed by atoms with Crippen LogP contribution in [0.1, 0.15) is 17.3 Å². The molecule has 0 aromatic heterocycles. The monoisotopic (exact) mass is 355 g/mol. The van der Waals surface area contributed by atoms with Crippen molar-refractivity contribution in [1.82, 2.24) is 4.90 Å². The van der Waals surface area contributed by atoms with Crippen LogP contribution in [0, 0.1) is 0 Å². The third-order valence-electron chi connectivity index (χ3n) is 3.57. The van der Waals surface area contributed by atoms with E-state index in [4.69, 9.17) is 14.2 Å². The first-order valence-electron chi connectivity index (χ1n) is 7.07. The highest BCUT2D eigenvalue weighted by atomic mass is 79.9. The highest BCUT2D eigenvalue weighted by Crippen LogP contribution is 2.31. The molecule has 0 N–H and O–H groups in total. The van der Waals surface area contributed by atoms with E-state index in [1.54, 1.807) is 18.2 Å². The van der Waals surface area contributed by atoms with Crippen molar-refractivity contribution in [3.8, 4) is 11.5 Å². The van der Waals surface area contributed by atoms with Crippen LogP contribution in [0.4, 0.5) is 0 Å². The molecule has 1 saturated heterocycles. The third-order valence-corrected chi connectivity index (χ3v) is 4.30. The van der Waals surface area contributed by atoms with Crippen molar-refractivity contribution in [3.63, 3.8) is 0 Å². The fourth-order valence-corrected chi connectivity index (χ4v) is 3.01. The van der Waals surface area contributed by atoms with Crippen LogP contribution in [0.25, 0.3) is 0 Å². The van der Waals surface area contributed by atoms with Crippen LogP contribution in [0.3, 0.4) is 0 Å². The summed E-state index contributed by atoms with van der Waals surface area (Å²) in [4.78, 5) is 14.5. The average molecular weight is 356 g/mol. The third kappa shape index (κ3) is 3.16. The number of nitrogens with zero attached hydrogens (tertiary/aromatic N) is 1. The summed E-state index contributed by atoms with van der Waals surface area (Å²) in [5.74, 6) is 1.35. The van der Waals surface area contributed by atoms with E-state index in [0.717, 1.165) is 5.33 Å². The lowest BCUT2D eigenvalue weighted by Gasteiger charge is -2.36. The number of hydrogen-bond acceptors (Lipinski definition) is 4. The maximum atomic E-state index is 12.7. The number of carbonyl (C=O) groups is 1. The first-order chi connectivity index (χ1) is 10.2. The normalized spacial score (nSPS) is 24.8. The largest absolute Gasteiger partial charge is 0.486 e. The lowest BCUT2D eigenvalue weighted by molar-refractivity contribution is -0.0559. The van der Waals surface area contributed by atoms with Crippen LogP contribution in [-0.2, 0) is 4.74 Å².